The summed E-state index contributed by atoms with van der Waals surface area (Å²) in [5.74, 6) is 0.163. The van der Waals surface area contributed by atoms with Crippen LogP contribution in [0, 0.1) is 0 Å². The third-order valence-corrected chi connectivity index (χ3v) is 2.48. The standard InChI is InChI=1S/C14H14N2O3/c1-11(17)8-16-10-15-13(7-14(16)18)19-9-12-5-3-2-4-6-12/h2-7,10H,8-9H2,1H3. The van der Waals surface area contributed by atoms with Crippen LogP contribution in [0.1, 0.15) is 12.5 Å². The van der Waals surface area contributed by atoms with Crippen molar-refractivity contribution in [3.8, 4) is 5.88 Å². The zero-order valence-electron chi connectivity index (χ0n) is 10.6. The molecule has 0 saturated heterocycles. The Labute approximate surface area is 110 Å². The summed E-state index contributed by atoms with van der Waals surface area (Å²) >= 11 is 0. The van der Waals surface area contributed by atoms with Crippen LogP contribution in [-0.4, -0.2) is 15.3 Å². The van der Waals surface area contributed by atoms with E-state index in [-0.39, 0.29) is 23.8 Å². The number of benzene rings is 1. The number of hydrogen-bond acceptors (Lipinski definition) is 4. The smallest absolute Gasteiger partial charge is 0.257 e. The van der Waals surface area contributed by atoms with Gasteiger partial charge in [-0.05, 0) is 12.5 Å². The van der Waals surface area contributed by atoms with E-state index in [2.05, 4.69) is 4.98 Å². The maximum absolute atomic E-state index is 11.7. The van der Waals surface area contributed by atoms with Crippen LogP contribution in [0.5, 0.6) is 5.88 Å². The first-order valence-electron chi connectivity index (χ1n) is 5.88. The van der Waals surface area contributed by atoms with Crippen LogP contribution in [-0.2, 0) is 17.9 Å². The zero-order valence-corrected chi connectivity index (χ0v) is 10.6. The van der Waals surface area contributed by atoms with Crippen molar-refractivity contribution >= 4 is 5.78 Å². The van der Waals surface area contributed by atoms with E-state index in [0.29, 0.717) is 6.61 Å². The molecule has 1 aromatic carbocycles. The molecule has 1 heterocycles. The fraction of sp³-hybridized carbons (Fsp3) is 0.214. The van der Waals surface area contributed by atoms with Gasteiger partial charge in [0.25, 0.3) is 5.56 Å². The SMILES string of the molecule is CC(=O)Cn1cnc(OCc2ccccc2)cc1=O. The average molecular weight is 258 g/mol. The van der Waals surface area contributed by atoms with Crippen LogP contribution >= 0.6 is 0 Å². The Morgan fingerprint density at radius 2 is 2.05 bits per heavy atom. The summed E-state index contributed by atoms with van der Waals surface area (Å²) in [6, 6.07) is 10.9. The minimum atomic E-state index is -0.298. The lowest BCUT2D eigenvalue weighted by Crippen LogP contribution is -2.22. The molecule has 19 heavy (non-hydrogen) atoms. The third-order valence-electron chi connectivity index (χ3n) is 2.48. The molecule has 0 spiro atoms. The summed E-state index contributed by atoms with van der Waals surface area (Å²) < 4.78 is 6.67. The third kappa shape index (κ3) is 3.77. The van der Waals surface area contributed by atoms with Crippen molar-refractivity contribution in [3.63, 3.8) is 0 Å². The summed E-state index contributed by atoms with van der Waals surface area (Å²) in [6.07, 6.45) is 1.32. The molecule has 0 bridgehead atoms. The van der Waals surface area contributed by atoms with Gasteiger partial charge in [0.2, 0.25) is 5.88 Å². The first-order valence-corrected chi connectivity index (χ1v) is 5.88. The van der Waals surface area contributed by atoms with Gasteiger partial charge in [0.15, 0.2) is 0 Å². The highest BCUT2D eigenvalue weighted by molar-refractivity contribution is 5.75. The van der Waals surface area contributed by atoms with Crippen molar-refractivity contribution < 1.29 is 9.53 Å². The predicted molar refractivity (Wildman–Crippen MR) is 70.0 cm³/mol. The Balaban J connectivity index is 2.04. The lowest BCUT2D eigenvalue weighted by Gasteiger charge is -2.06. The fourth-order valence-electron chi connectivity index (χ4n) is 1.58. The second kappa shape index (κ2) is 5.95. The van der Waals surface area contributed by atoms with Gasteiger partial charge in [-0.3, -0.25) is 14.2 Å². The minimum Gasteiger partial charge on any atom is -0.473 e. The van der Waals surface area contributed by atoms with Crippen LogP contribution < -0.4 is 10.3 Å². The largest absolute Gasteiger partial charge is 0.473 e. The molecular formula is C14H14N2O3. The van der Waals surface area contributed by atoms with Gasteiger partial charge >= 0.3 is 0 Å². The molecule has 0 fully saturated rings. The van der Waals surface area contributed by atoms with Gasteiger partial charge in [0.05, 0.1) is 12.6 Å². The van der Waals surface area contributed by atoms with E-state index in [1.54, 1.807) is 0 Å². The lowest BCUT2D eigenvalue weighted by molar-refractivity contribution is -0.117. The number of rotatable bonds is 5. The number of hydrogen-bond donors (Lipinski definition) is 0. The number of aromatic nitrogens is 2. The number of carbonyl (C=O) groups excluding carboxylic acids is 1. The maximum atomic E-state index is 11.7. The number of carbonyl (C=O) groups is 1. The van der Waals surface area contributed by atoms with Crippen LogP contribution in [0.2, 0.25) is 0 Å². The quantitative estimate of drug-likeness (QED) is 0.813. The molecule has 2 rings (SSSR count). The van der Waals surface area contributed by atoms with Gasteiger partial charge in [-0.15, -0.1) is 0 Å². The molecule has 1 aromatic heterocycles. The van der Waals surface area contributed by atoms with E-state index in [9.17, 15) is 9.59 Å². The number of Topliss-reactive ketones (excluding diaryl/α,β-unsaturated/α-hetero) is 1. The van der Waals surface area contributed by atoms with E-state index in [1.807, 2.05) is 30.3 Å². The Kier molecular flexibility index (Phi) is 4.07. The van der Waals surface area contributed by atoms with Gasteiger partial charge in [-0.25, -0.2) is 4.98 Å². The van der Waals surface area contributed by atoms with Crippen molar-refractivity contribution in [1.82, 2.24) is 9.55 Å². The fourth-order valence-corrected chi connectivity index (χ4v) is 1.58. The minimum absolute atomic E-state index is 0.0325. The molecular weight excluding hydrogens is 244 g/mol. The van der Waals surface area contributed by atoms with Crippen molar-refractivity contribution in [2.75, 3.05) is 0 Å². The molecule has 0 radical (unpaired) electrons. The van der Waals surface area contributed by atoms with Crippen LogP contribution in [0.4, 0.5) is 0 Å². The Morgan fingerprint density at radius 1 is 1.32 bits per heavy atom. The molecule has 0 aliphatic carbocycles. The number of ketones is 1. The van der Waals surface area contributed by atoms with Crippen LogP contribution in [0.25, 0.3) is 0 Å². The number of nitrogens with zero attached hydrogens (tertiary/aromatic N) is 2. The van der Waals surface area contributed by atoms with E-state index in [0.717, 1.165) is 5.56 Å². The predicted octanol–water partition coefficient (Wildman–Crippen LogP) is 1.41. The zero-order chi connectivity index (χ0) is 13.7. The normalized spacial score (nSPS) is 10.2. The van der Waals surface area contributed by atoms with Gasteiger partial charge in [-0.2, -0.15) is 0 Å². The van der Waals surface area contributed by atoms with E-state index < -0.39 is 0 Å². The molecule has 0 N–H and O–H groups in total. The molecule has 98 valence electrons. The van der Waals surface area contributed by atoms with Gasteiger partial charge in [0, 0.05) is 0 Å². The van der Waals surface area contributed by atoms with Gasteiger partial charge < -0.3 is 4.74 Å². The number of ether oxygens (including phenoxy) is 1. The second-order valence-corrected chi connectivity index (χ2v) is 4.17. The molecule has 0 saturated carbocycles. The summed E-state index contributed by atoms with van der Waals surface area (Å²) in [4.78, 5) is 26.6. The Hall–Kier alpha value is -2.43. The summed E-state index contributed by atoms with van der Waals surface area (Å²) in [5, 5.41) is 0. The lowest BCUT2D eigenvalue weighted by atomic mass is 10.2. The molecule has 5 heteroatoms. The summed E-state index contributed by atoms with van der Waals surface area (Å²) in [5.41, 5.74) is 0.700. The first-order chi connectivity index (χ1) is 9.15. The molecule has 0 amide bonds. The monoisotopic (exact) mass is 258 g/mol. The summed E-state index contributed by atoms with van der Waals surface area (Å²) in [6.45, 7) is 1.81. The van der Waals surface area contributed by atoms with Crippen molar-refractivity contribution in [2.45, 2.75) is 20.1 Å². The second-order valence-electron chi connectivity index (χ2n) is 4.17. The van der Waals surface area contributed by atoms with E-state index in [4.69, 9.17) is 4.74 Å². The van der Waals surface area contributed by atoms with E-state index in [1.165, 1.54) is 23.9 Å². The van der Waals surface area contributed by atoms with Gasteiger partial charge in [-0.1, -0.05) is 30.3 Å². The maximum Gasteiger partial charge on any atom is 0.257 e. The molecule has 5 nitrogen and oxygen atoms in total. The van der Waals surface area contributed by atoms with Crippen LogP contribution in [0.3, 0.4) is 0 Å². The van der Waals surface area contributed by atoms with E-state index >= 15 is 0 Å². The molecule has 0 aliphatic heterocycles. The highest BCUT2D eigenvalue weighted by Crippen LogP contribution is 2.06. The van der Waals surface area contributed by atoms with Crippen LogP contribution in [0.15, 0.2) is 47.5 Å². The average Bonchev–Trinajstić information content (AvgIpc) is 2.40. The summed E-state index contributed by atoms with van der Waals surface area (Å²) in [7, 11) is 0. The topological polar surface area (TPSA) is 61.2 Å². The van der Waals surface area contributed by atoms with Crippen molar-refractivity contribution in [1.29, 1.82) is 0 Å². The van der Waals surface area contributed by atoms with Crippen molar-refractivity contribution in [3.05, 3.63) is 58.6 Å². The molecule has 0 atom stereocenters. The van der Waals surface area contributed by atoms with Gasteiger partial charge in [0.1, 0.15) is 18.7 Å². The Bertz CT molecular complexity index is 620. The highest BCUT2D eigenvalue weighted by Gasteiger charge is 2.03. The first kappa shape index (κ1) is 13.0. The molecule has 0 unspecified atom stereocenters. The van der Waals surface area contributed by atoms with Crippen molar-refractivity contribution in [2.24, 2.45) is 0 Å². The molecule has 2 aromatic rings. The Morgan fingerprint density at radius 3 is 2.68 bits per heavy atom. The highest BCUT2D eigenvalue weighted by atomic mass is 16.5. The molecule has 0 aliphatic rings.